The zero-order valence-corrected chi connectivity index (χ0v) is 11.6. The van der Waals surface area contributed by atoms with Crippen LogP contribution in [0.2, 0.25) is 0 Å². The molecule has 0 saturated heterocycles. The van der Waals surface area contributed by atoms with E-state index in [2.05, 4.69) is 15.6 Å². The quantitative estimate of drug-likeness (QED) is 0.912. The van der Waals surface area contributed by atoms with Crippen LogP contribution in [0.4, 0.5) is 13.2 Å². The molecule has 2 aromatic rings. The molecule has 0 bridgehead atoms. The average molecular weight is 314 g/mol. The van der Waals surface area contributed by atoms with E-state index in [-0.39, 0.29) is 17.9 Å². The van der Waals surface area contributed by atoms with Crippen LogP contribution in [0.25, 0.3) is 0 Å². The summed E-state index contributed by atoms with van der Waals surface area (Å²) in [4.78, 5) is 12.0. The molecule has 0 aliphatic carbocycles. The number of amides is 1. The Labute approximate surface area is 123 Å². The van der Waals surface area contributed by atoms with Crippen molar-refractivity contribution in [3.05, 3.63) is 41.7 Å². The molecule has 1 aromatic heterocycles. The van der Waals surface area contributed by atoms with Gasteiger partial charge in [0.05, 0.1) is 31.0 Å². The van der Waals surface area contributed by atoms with E-state index in [1.807, 2.05) is 0 Å². The number of rotatable bonds is 5. The van der Waals surface area contributed by atoms with Crippen LogP contribution in [0.15, 0.2) is 30.6 Å². The molecule has 0 atom stereocenters. The number of halogens is 3. The predicted octanol–water partition coefficient (Wildman–Crippen LogP) is 1.74. The Morgan fingerprint density at radius 3 is 2.77 bits per heavy atom. The maximum Gasteiger partial charge on any atom is 0.416 e. The number of hydrogen-bond donors (Lipinski definition) is 1. The third-order valence-electron chi connectivity index (χ3n) is 2.87. The number of carbonyl (C=O) groups excluding carboxylic acids is 1. The zero-order chi connectivity index (χ0) is 16.2. The normalized spacial score (nSPS) is 11.3. The lowest BCUT2D eigenvalue weighted by atomic mass is 10.1. The van der Waals surface area contributed by atoms with Gasteiger partial charge in [0.25, 0.3) is 5.91 Å². The number of hydrogen-bond acceptors (Lipinski definition) is 4. The highest BCUT2D eigenvalue weighted by Gasteiger charge is 2.32. The standard InChI is InChI=1S/C13H13F3N4O2/c1-22-11-3-2-9(13(14,15)16)8-10(11)12(21)17-4-6-20-7-5-18-19-20/h2-3,5,7-8H,4,6H2,1H3,(H,17,21). The molecule has 22 heavy (non-hydrogen) atoms. The summed E-state index contributed by atoms with van der Waals surface area (Å²) in [7, 11) is 1.29. The summed E-state index contributed by atoms with van der Waals surface area (Å²) < 4.78 is 44.6. The molecule has 1 heterocycles. The fourth-order valence-corrected chi connectivity index (χ4v) is 1.79. The van der Waals surface area contributed by atoms with Crippen molar-refractivity contribution in [1.82, 2.24) is 20.3 Å². The monoisotopic (exact) mass is 314 g/mol. The first-order valence-corrected chi connectivity index (χ1v) is 6.29. The molecule has 0 radical (unpaired) electrons. The molecule has 0 fully saturated rings. The summed E-state index contributed by atoms with van der Waals surface area (Å²) in [5.41, 5.74) is -1.08. The van der Waals surface area contributed by atoms with Crippen LogP contribution >= 0.6 is 0 Å². The van der Waals surface area contributed by atoms with Gasteiger partial charge in [-0.3, -0.25) is 9.48 Å². The smallest absolute Gasteiger partial charge is 0.416 e. The zero-order valence-electron chi connectivity index (χ0n) is 11.6. The number of alkyl halides is 3. The number of aromatic nitrogens is 3. The third-order valence-corrected chi connectivity index (χ3v) is 2.87. The summed E-state index contributed by atoms with van der Waals surface area (Å²) in [6.07, 6.45) is -1.43. The summed E-state index contributed by atoms with van der Waals surface area (Å²) >= 11 is 0. The van der Waals surface area contributed by atoms with Gasteiger partial charge in [0, 0.05) is 12.7 Å². The Hall–Kier alpha value is -2.58. The van der Waals surface area contributed by atoms with Crippen LogP contribution < -0.4 is 10.1 Å². The lowest BCUT2D eigenvalue weighted by molar-refractivity contribution is -0.137. The first-order chi connectivity index (χ1) is 10.4. The van der Waals surface area contributed by atoms with Crippen LogP contribution in [0.1, 0.15) is 15.9 Å². The molecule has 1 amide bonds. The third kappa shape index (κ3) is 3.74. The van der Waals surface area contributed by atoms with Crippen molar-refractivity contribution >= 4 is 5.91 Å². The van der Waals surface area contributed by atoms with Gasteiger partial charge in [-0.1, -0.05) is 5.21 Å². The van der Waals surface area contributed by atoms with E-state index in [1.165, 1.54) is 18.0 Å². The maximum atomic E-state index is 12.7. The van der Waals surface area contributed by atoms with Gasteiger partial charge in [-0.25, -0.2) is 0 Å². The SMILES string of the molecule is COc1ccc(C(F)(F)F)cc1C(=O)NCCn1ccnn1. The molecule has 1 aromatic carbocycles. The van der Waals surface area contributed by atoms with Crippen molar-refractivity contribution in [1.29, 1.82) is 0 Å². The molecule has 0 aliphatic heterocycles. The van der Waals surface area contributed by atoms with E-state index in [0.29, 0.717) is 6.54 Å². The van der Waals surface area contributed by atoms with Crippen LogP contribution in [-0.4, -0.2) is 34.6 Å². The van der Waals surface area contributed by atoms with Crippen molar-refractivity contribution in [2.24, 2.45) is 0 Å². The molecule has 0 aliphatic rings. The van der Waals surface area contributed by atoms with Gasteiger partial charge in [0.2, 0.25) is 0 Å². The predicted molar refractivity (Wildman–Crippen MR) is 70.4 cm³/mol. The van der Waals surface area contributed by atoms with Gasteiger partial charge in [0.1, 0.15) is 5.75 Å². The van der Waals surface area contributed by atoms with Crippen molar-refractivity contribution in [3.8, 4) is 5.75 Å². The highest BCUT2D eigenvalue weighted by atomic mass is 19.4. The Balaban J connectivity index is 2.09. The molecule has 6 nitrogen and oxygen atoms in total. The largest absolute Gasteiger partial charge is 0.496 e. The summed E-state index contributed by atoms with van der Waals surface area (Å²) in [6.45, 7) is 0.550. The second kappa shape index (κ2) is 6.46. The second-order valence-corrected chi connectivity index (χ2v) is 4.33. The van der Waals surface area contributed by atoms with Crippen LogP contribution in [0.3, 0.4) is 0 Å². The molecule has 0 saturated carbocycles. The highest BCUT2D eigenvalue weighted by molar-refractivity contribution is 5.97. The highest BCUT2D eigenvalue weighted by Crippen LogP contribution is 2.32. The average Bonchev–Trinajstić information content (AvgIpc) is 2.98. The number of carbonyl (C=O) groups is 1. The number of ether oxygens (including phenoxy) is 1. The van der Waals surface area contributed by atoms with E-state index < -0.39 is 17.6 Å². The minimum absolute atomic E-state index is 0.0752. The van der Waals surface area contributed by atoms with Gasteiger partial charge in [0.15, 0.2) is 0 Å². The first kappa shape index (κ1) is 15.8. The van der Waals surface area contributed by atoms with Gasteiger partial charge < -0.3 is 10.1 Å². The molecular formula is C13H13F3N4O2. The van der Waals surface area contributed by atoms with Crippen LogP contribution in [0, 0.1) is 0 Å². The summed E-state index contributed by atoms with van der Waals surface area (Å²) in [5.74, 6) is -0.575. The fraction of sp³-hybridized carbons (Fsp3) is 0.308. The molecule has 0 spiro atoms. The molecule has 0 unspecified atom stereocenters. The Kier molecular flexibility index (Phi) is 4.64. The van der Waals surface area contributed by atoms with Gasteiger partial charge in [-0.15, -0.1) is 5.10 Å². The van der Waals surface area contributed by atoms with Gasteiger partial charge in [-0.05, 0) is 18.2 Å². The lowest BCUT2D eigenvalue weighted by Gasteiger charge is -2.12. The van der Waals surface area contributed by atoms with E-state index in [9.17, 15) is 18.0 Å². The van der Waals surface area contributed by atoms with Crippen LogP contribution in [-0.2, 0) is 12.7 Å². The number of benzene rings is 1. The second-order valence-electron chi connectivity index (χ2n) is 4.33. The van der Waals surface area contributed by atoms with Gasteiger partial charge >= 0.3 is 6.18 Å². The fourth-order valence-electron chi connectivity index (χ4n) is 1.79. The van der Waals surface area contributed by atoms with E-state index >= 15 is 0 Å². The topological polar surface area (TPSA) is 69.0 Å². The molecule has 118 valence electrons. The Bertz CT molecular complexity index is 641. The van der Waals surface area contributed by atoms with E-state index in [0.717, 1.165) is 18.2 Å². The minimum atomic E-state index is -4.53. The minimum Gasteiger partial charge on any atom is -0.496 e. The van der Waals surface area contributed by atoms with E-state index in [1.54, 1.807) is 6.20 Å². The van der Waals surface area contributed by atoms with Crippen molar-refractivity contribution < 1.29 is 22.7 Å². The van der Waals surface area contributed by atoms with Crippen molar-refractivity contribution in [2.75, 3.05) is 13.7 Å². The van der Waals surface area contributed by atoms with Crippen molar-refractivity contribution in [2.45, 2.75) is 12.7 Å². The molecule has 9 heteroatoms. The molecule has 2 rings (SSSR count). The number of nitrogens with zero attached hydrogens (tertiary/aromatic N) is 3. The lowest BCUT2D eigenvalue weighted by Crippen LogP contribution is -2.28. The number of methoxy groups -OCH3 is 1. The van der Waals surface area contributed by atoms with Crippen LogP contribution in [0.5, 0.6) is 5.75 Å². The maximum absolute atomic E-state index is 12.7. The summed E-state index contributed by atoms with van der Waals surface area (Å²) in [6, 6.07) is 2.75. The van der Waals surface area contributed by atoms with Crippen molar-refractivity contribution in [3.63, 3.8) is 0 Å². The summed E-state index contributed by atoms with van der Waals surface area (Å²) in [5, 5.41) is 9.82. The first-order valence-electron chi connectivity index (χ1n) is 6.29. The Morgan fingerprint density at radius 1 is 1.41 bits per heavy atom. The Morgan fingerprint density at radius 2 is 2.18 bits per heavy atom. The molecular weight excluding hydrogens is 301 g/mol. The van der Waals surface area contributed by atoms with E-state index in [4.69, 9.17) is 4.74 Å². The molecule has 1 N–H and O–H groups in total. The number of nitrogens with one attached hydrogen (secondary N) is 1. The van der Waals surface area contributed by atoms with Gasteiger partial charge in [-0.2, -0.15) is 13.2 Å².